The molecule has 0 aliphatic heterocycles. The van der Waals surface area contributed by atoms with Gasteiger partial charge in [0.25, 0.3) is 11.8 Å². The van der Waals surface area contributed by atoms with Crippen LogP contribution < -0.4 is 14.5 Å². The van der Waals surface area contributed by atoms with Gasteiger partial charge in [0.1, 0.15) is 27.4 Å². The summed E-state index contributed by atoms with van der Waals surface area (Å²) in [6.07, 6.45) is 5.57. The van der Waals surface area contributed by atoms with Gasteiger partial charge in [0.05, 0.1) is 18.2 Å². The van der Waals surface area contributed by atoms with Gasteiger partial charge in [0, 0.05) is 36.1 Å². The molecule has 10 nitrogen and oxygen atoms in total. The number of halogens is 2. The van der Waals surface area contributed by atoms with Gasteiger partial charge in [0.2, 0.25) is 10.3 Å². The average molecular weight is 782 g/mol. The number of anilines is 2. The van der Waals surface area contributed by atoms with Crippen molar-refractivity contribution in [3.8, 4) is 26.9 Å². The average Bonchev–Trinajstić information content (AvgIpc) is 3.63. The lowest BCUT2D eigenvalue weighted by Gasteiger charge is -2.19. The highest BCUT2D eigenvalue weighted by atomic mass is 32.1. The van der Waals surface area contributed by atoms with Crippen LogP contribution in [0.15, 0.2) is 79.0 Å². The lowest BCUT2D eigenvalue weighted by molar-refractivity contribution is 0.0974. The highest BCUT2D eigenvalue weighted by molar-refractivity contribution is 7.19. The van der Waals surface area contributed by atoms with Crippen molar-refractivity contribution in [2.24, 2.45) is 5.92 Å². The molecule has 0 spiro atoms. The van der Waals surface area contributed by atoms with Crippen LogP contribution in [0.3, 0.4) is 0 Å². The largest absolute Gasteiger partial charge is 0.496 e. The molecule has 0 unspecified atom stereocenters. The van der Waals surface area contributed by atoms with E-state index in [1.54, 1.807) is 42.5 Å². The third kappa shape index (κ3) is 9.43. The number of nitrogens with zero attached hydrogens (tertiary/aromatic N) is 7. The number of unbranched alkanes of at least 4 members (excludes halogenated alkanes) is 1. The Morgan fingerprint density at radius 2 is 1.31 bits per heavy atom. The Kier molecular flexibility index (Phi) is 12.7. The Balaban J connectivity index is 0.000000188. The maximum atomic E-state index is 14.2. The number of aromatic nitrogens is 5. The van der Waals surface area contributed by atoms with E-state index < -0.39 is 17.5 Å². The Morgan fingerprint density at radius 3 is 1.84 bits per heavy atom. The zero-order chi connectivity index (χ0) is 39.1. The number of pyridine rings is 1. The van der Waals surface area contributed by atoms with Crippen LogP contribution in [0, 0.1) is 38.3 Å². The Morgan fingerprint density at radius 1 is 0.764 bits per heavy atom. The quantitative estimate of drug-likeness (QED) is 0.121. The number of ether oxygens (including phenoxy) is 1. The molecule has 0 saturated heterocycles. The predicted molar refractivity (Wildman–Crippen MR) is 213 cm³/mol. The Bertz CT molecular complexity index is 2270. The third-order valence-corrected chi connectivity index (χ3v) is 10.9. The van der Waals surface area contributed by atoms with Gasteiger partial charge in [0.15, 0.2) is 0 Å². The monoisotopic (exact) mass is 781 g/mol. The maximum Gasteiger partial charge on any atom is 0.263 e. The summed E-state index contributed by atoms with van der Waals surface area (Å²) < 4.78 is 33.7. The van der Waals surface area contributed by atoms with E-state index in [1.807, 2.05) is 52.0 Å². The number of carbonyl (C=O) groups excluding carboxylic acids is 2. The summed E-state index contributed by atoms with van der Waals surface area (Å²) in [5.74, 6) is -0.546. The molecule has 14 heteroatoms. The van der Waals surface area contributed by atoms with E-state index >= 15 is 0 Å². The van der Waals surface area contributed by atoms with Crippen molar-refractivity contribution in [1.29, 1.82) is 0 Å². The fourth-order valence-electron chi connectivity index (χ4n) is 5.92. The van der Waals surface area contributed by atoms with Crippen molar-refractivity contribution in [2.75, 3.05) is 30.0 Å². The second kappa shape index (κ2) is 17.8. The molecule has 3 heterocycles. The summed E-state index contributed by atoms with van der Waals surface area (Å²) >= 11 is 2.66. The molecule has 3 aromatic carbocycles. The van der Waals surface area contributed by atoms with Gasteiger partial charge in [-0.05, 0) is 106 Å². The SMILES string of the molecule is CCCCN(C(=O)c1ccccc1F)c1nnc(-c2ccnc(C)c2)s1.COc1c(C)cc(-c2nnc(N(CC3CC3)C(=O)c3ccccc3F)s2)cc1C. The van der Waals surface area contributed by atoms with E-state index in [-0.39, 0.29) is 17.0 Å². The van der Waals surface area contributed by atoms with Crippen LogP contribution in [0.4, 0.5) is 19.0 Å². The normalized spacial score (nSPS) is 12.1. The van der Waals surface area contributed by atoms with Crippen LogP contribution in [0.2, 0.25) is 0 Å². The Labute approximate surface area is 326 Å². The molecule has 2 amide bonds. The smallest absolute Gasteiger partial charge is 0.263 e. The summed E-state index contributed by atoms with van der Waals surface area (Å²) in [7, 11) is 1.65. The first kappa shape index (κ1) is 39.2. The molecule has 0 N–H and O–H groups in total. The first-order valence-electron chi connectivity index (χ1n) is 18.0. The number of carbonyl (C=O) groups is 2. The van der Waals surface area contributed by atoms with Crippen LogP contribution in [0.5, 0.6) is 5.75 Å². The third-order valence-electron chi connectivity index (χ3n) is 8.92. The first-order chi connectivity index (χ1) is 26.6. The summed E-state index contributed by atoms with van der Waals surface area (Å²) in [4.78, 5) is 33.2. The van der Waals surface area contributed by atoms with Crippen molar-refractivity contribution in [3.63, 3.8) is 0 Å². The van der Waals surface area contributed by atoms with Gasteiger partial charge < -0.3 is 4.74 Å². The van der Waals surface area contributed by atoms with E-state index in [0.717, 1.165) is 64.4 Å². The molecular formula is C41H41F2N7O3S2. The summed E-state index contributed by atoms with van der Waals surface area (Å²) in [5.41, 5.74) is 4.82. The van der Waals surface area contributed by atoms with Crippen LogP contribution in [0.1, 0.15) is 70.1 Å². The minimum Gasteiger partial charge on any atom is -0.496 e. The van der Waals surface area contributed by atoms with E-state index in [4.69, 9.17) is 4.74 Å². The van der Waals surface area contributed by atoms with E-state index in [0.29, 0.717) is 34.3 Å². The van der Waals surface area contributed by atoms with E-state index in [9.17, 15) is 18.4 Å². The molecule has 1 aliphatic rings. The van der Waals surface area contributed by atoms with Crippen LogP contribution in [-0.2, 0) is 0 Å². The van der Waals surface area contributed by atoms with E-state index in [2.05, 4.69) is 25.4 Å². The lowest BCUT2D eigenvalue weighted by atomic mass is 10.1. The molecule has 0 atom stereocenters. The number of amides is 2. The molecule has 7 rings (SSSR count). The molecule has 55 heavy (non-hydrogen) atoms. The molecule has 284 valence electrons. The second-order valence-corrected chi connectivity index (χ2v) is 15.1. The number of rotatable bonds is 12. The number of hydrogen-bond donors (Lipinski definition) is 0. The Hall–Kier alpha value is -5.47. The molecule has 0 bridgehead atoms. The zero-order valence-electron chi connectivity index (χ0n) is 31.3. The minimum atomic E-state index is -0.534. The van der Waals surface area contributed by atoms with Crippen LogP contribution >= 0.6 is 22.7 Å². The lowest BCUT2D eigenvalue weighted by Crippen LogP contribution is -2.33. The maximum absolute atomic E-state index is 14.2. The van der Waals surface area contributed by atoms with Crippen molar-refractivity contribution in [1.82, 2.24) is 25.4 Å². The number of benzene rings is 3. The van der Waals surface area contributed by atoms with Gasteiger partial charge in [-0.25, -0.2) is 8.78 Å². The molecule has 1 saturated carbocycles. The summed E-state index contributed by atoms with van der Waals surface area (Å²) in [5, 5.41) is 19.4. The topological polar surface area (TPSA) is 114 Å². The van der Waals surface area contributed by atoms with Crippen LogP contribution in [0.25, 0.3) is 21.1 Å². The van der Waals surface area contributed by atoms with Gasteiger partial charge in [-0.3, -0.25) is 24.4 Å². The van der Waals surface area contributed by atoms with Gasteiger partial charge in [-0.1, -0.05) is 60.3 Å². The molecule has 1 fully saturated rings. The summed E-state index contributed by atoms with van der Waals surface area (Å²) in [6, 6.07) is 19.8. The molecule has 6 aromatic rings. The fourth-order valence-corrected chi connectivity index (χ4v) is 7.63. The van der Waals surface area contributed by atoms with E-state index in [1.165, 1.54) is 51.8 Å². The molecule has 0 radical (unpaired) electrons. The standard InChI is InChI=1S/C22H22FN3O2S.C19H19FN4OS/c1-13-10-16(11-14(2)19(13)28-3)20-24-25-22(29-20)26(12-15-8-9-15)21(27)17-6-4-5-7-18(17)23;1-3-4-11-24(18(25)15-7-5-6-8-16(15)20)19-23-22-17(26-19)14-9-10-21-13(2)12-14/h4-7,10-11,15H,8-9,12H2,1-3H3;5-10,12H,3-4,11H2,1-2H3. The predicted octanol–water partition coefficient (Wildman–Crippen LogP) is 9.52. The van der Waals surface area contributed by atoms with Crippen molar-refractivity contribution in [3.05, 3.63) is 119 Å². The van der Waals surface area contributed by atoms with Gasteiger partial charge >= 0.3 is 0 Å². The number of methoxy groups -OCH3 is 1. The van der Waals surface area contributed by atoms with Gasteiger partial charge in [-0.2, -0.15) is 0 Å². The zero-order valence-corrected chi connectivity index (χ0v) is 32.9. The van der Waals surface area contributed by atoms with Crippen LogP contribution in [-0.4, -0.2) is 57.4 Å². The second-order valence-electron chi connectivity index (χ2n) is 13.2. The van der Waals surface area contributed by atoms with Crippen molar-refractivity contribution >= 4 is 44.8 Å². The molecule has 3 aromatic heterocycles. The molecular weight excluding hydrogens is 741 g/mol. The highest BCUT2D eigenvalue weighted by Gasteiger charge is 2.31. The number of aryl methyl sites for hydroxylation is 3. The summed E-state index contributed by atoms with van der Waals surface area (Å²) in [6.45, 7) is 8.91. The van der Waals surface area contributed by atoms with Gasteiger partial charge in [-0.15, -0.1) is 20.4 Å². The van der Waals surface area contributed by atoms with Crippen molar-refractivity contribution < 1.29 is 23.1 Å². The molecule has 1 aliphatic carbocycles. The fraction of sp³-hybridized carbons (Fsp3) is 0.293. The number of hydrogen-bond acceptors (Lipinski definition) is 10. The highest BCUT2D eigenvalue weighted by Crippen LogP contribution is 2.37. The van der Waals surface area contributed by atoms with Crippen molar-refractivity contribution in [2.45, 2.75) is 53.4 Å². The first-order valence-corrected chi connectivity index (χ1v) is 19.6. The minimum absolute atomic E-state index is 0.0418.